The number of hydrogen-bond donors (Lipinski definition) is 3. The van der Waals surface area contributed by atoms with E-state index in [4.69, 9.17) is 0 Å². The lowest BCUT2D eigenvalue weighted by Crippen LogP contribution is -2.29. The molecule has 0 bridgehead atoms. The molecule has 0 aliphatic carbocycles. The number of aromatic amines is 1. The van der Waals surface area contributed by atoms with Gasteiger partial charge < -0.3 is 10.3 Å². The van der Waals surface area contributed by atoms with Gasteiger partial charge in [-0.15, -0.1) is 0 Å². The van der Waals surface area contributed by atoms with Gasteiger partial charge in [-0.3, -0.25) is 0 Å². The minimum absolute atomic E-state index is 0.257. The van der Waals surface area contributed by atoms with Crippen molar-refractivity contribution in [1.82, 2.24) is 20.0 Å². The number of hydrogen-bond acceptors (Lipinski definition) is 4. The van der Waals surface area contributed by atoms with Crippen LogP contribution in [0.1, 0.15) is 30.8 Å². The zero-order chi connectivity index (χ0) is 15.3. The summed E-state index contributed by atoms with van der Waals surface area (Å²) in [5, 5.41) is 3.02. The van der Waals surface area contributed by atoms with Gasteiger partial charge in [-0.05, 0) is 31.2 Å². The number of nitrogens with zero attached hydrogens (tertiary/aromatic N) is 1. The molecule has 7 heteroatoms. The van der Waals surface area contributed by atoms with Gasteiger partial charge in [0.2, 0.25) is 10.0 Å². The number of rotatable bonds is 7. The maximum absolute atomic E-state index is 12.4. The van der Waals surface area contributed by atoms with Gasteiger partial charge in [0.25, 0.3) is 0 Å². The second kappa shape index (κ2) is 6.84. The van der Waals surface area contributed by atoms with Gasteiger partial charge in [0.15, 0.2) is 0 Å². The second-order valence-corrected chi connectivity index (χ2v) is 6.44. The van der Waals surface area contributed by atoms with Crippen LogP contribution in [0.4, 0.5) is 0 Å². The van der Waals surface area contributed by atoms with Crippen LogP contribution in [-0.4, -0.2) is 25.4 Å². The zero-order valence-corrected chi connectivity index (χ0v) is 12.9. The second-order valence-electron chi connectivity index (χ2n) is 4.73. The summed E-state index contributed by atoms with van der Waals surface area (Å²) in [7, 11) is -1.71. The average Bonchev–Trinajstić information content (AvgIpc) is 3.00. The molecule has 0 saturated carbocycles. The van der Waals surface area contributed by atoms with Crippen molar-refractivity contribution in [2.24, 2.45) is 0 Å². The molecule has 1 aromatic heterocycles. The highest BCUT2D eigenvalue weighted by molar-refractivity contribution is 7.89. The summed E-state index contributed by atoms with van der Waals surface area (Å²) in [6, 6.07) is 6.48. The smallest absolute Gasteiger partial charge is 0.241 e. The zero-order valence-electron chi connectivity index (χ0n) is 12.1. The molecule has 3 N–H and O–H groups in total. The molecule has 6 nitrogen and oxygen atoms in total. The summed E-state index contributed by atoms with van der Waals surface area (Å²) >= 11 is 0. The number of imidazole rings is 1. The Labute approximate surface area is 125 Å². The first-order valence-electron chi connectivity index (χ1n) is 6.82. The first-order valence-corrected chi connectivity index (χ1v) is 8.30. The first kappa shape index (κ1) is 15.7. The van der Waals surface area contributed by atoms with E-state index in [0.717, 1.165) is 5.56 Å². The summed E-state index contributed by atoms with van der Waals surface area (Å²) in [6.45, 7) is 2.61. The van der Waals surface area contributed by atoms with Crippen molar-refractivity contribution < 1.29 is 8.42 Å². The molecule has 0 aliphatic heterocycles. The van der Waals surface area contributed by atoms with Crippen LogP contribution < -0.4 is 10.0 Å². The van der Waals surface area contributed by atoms with Gasteiger partial charge in [0, 0.05) is 18.9 Å². The normalized spacial score (nSPS) is 13.2. The lowest BCUT2D eigenvalue weighted by Gasteiger charge is -2.15. The topological polar surface area (TPSA) is 86.9 Å². The predicted octanol–water partition coefficient (Wildman–Crippen LogP) is 1.56. The van der Waals surface area contributed by atoms with Crippen molar-refractivity contribution in [1.29, 1.82) is 0 Å². The van der Waals surface area contributed by atoms with Crippen molar-refractivity contribution >= 4 is 10.0 Å². The number of H-pyrrole nitrogens is 1. The molecule has 0 fully saturated rings. The van der Waals surface area contributed by atoms with E-state index in [1.807, 2.05) is 14.0 Å². The molecule has 1 unspecified atom stereocenters. The molecule has 1 atom stereocenters. The third-order valence-corrected chi connectivity index (χ3v) is 4.66. The summed E-state index contributed by atoms with van der Waals surface area (Å²) in [5.74, 6) is 0.618. The van der Waals surface area contributed by atoms with Crippen LogP contribution in [0.2, 0.25) is 0 Å². The molecule has 0 amide bonds. The van der Waals surface area contributed by atoms with Gasteiger partial charge in [-0.2, -0.15) is 0 Å². The van der Waals surface area contributed by atoms with Crippen LogP contribution in [0.15, 0.2) is 41.6 Å². The molecule has 2 rings (SSSR count). The minimum Gasteiger partial charge on any atom is -0.347 e. The molecule has 0 radical (unpaired) electrons. The van der Waals surface area contributed by atoms with Crippen LogP contribution >= 0.6 is 0 Å². The third-order valence-electron chi connectivity index (χ3n) is 3.17. The van der Waals surface area contributed by atoms with E-state index >= 15 is 0 Å². The van der Waals surface area contributed by atoms with Gasteiger partial charge >= 0.3 is 0 Å². The molecule has 114 valence electrons. The van der Waals surface area contributed by atoms with Crippen LogP contribution in [-0.2, 0) is 16.6 Å². The molecule has 21 heavy (non-hydrogen) atoms. The van der Waals surface area contributed by atoms with Crippen LogP contribution in [0.3, 0.4) is 0 Å². The molecule has 0 saturated heterocycles. The fourth-order valence-corrected chi connectivity index (χ4v) is 3.33. The van der Waals surface area contributed by atoms with Crippen LogP contribution in [0.5, 0.6) is 0 Å². The monoisotopic (exact) mass is 308 g/mol. The Bertz CT molecular complexity index is 651. The molecule has 1 heterocycles. The molecule has 0 spiro atoms. The van der Waals surface area contributed by atoms with E-state index in [0.29, 0.717) is 18.8 Å². The predicted molar refractivity (Wildman–Crippen MR) is 81.1 cm³/mol. The maximum atomic E-state index is 12.4. The highest BCUT2D eigenvalue weighted by Crippen LogP contribution is 2.17. The standard InChI is InChI=1S/C14H20N4O2S/c1-3-13(14-16-8-9-17-14)18-21(19,20)12-6-4-11(5-7-12)10-15-2/h4-9,13,15,18H,3,10H2,1-2H3,(H,16,17). The van der Waals surface area contributed by atoms with Gasteiger partial charge in [-0.1, -0.05) is 19.1 Å². The molecular formula is C14H20N4O2S. The Morgan fingerprint density at radius 3 is 2.52 bits per heavy atom. The fraction of sp³-hybridized carbons (Fsp3) is 0.357. The summed E-state index contributed by atoms with van der Waals surface area (Å²) in [4.78, 5) is 7.31. The van der Waals surface area contributed by atoms with Crippen molar-refractivity contribution in [3.8, 4) is 0 Å². The Kier molecular flexibility index (Phi) is 5.11. The Morgan fingerprint density at radius 2 is 2.00 bits per heavy atom. The van der Waals surface area contributed by atoms with E-state index in [-0.39, 0.29) is 10.9 Å². The highest BCUT2D eigenvalue weighted by atomic mass is 32.2. The minimum atomic E-state index is -3.56. The fourth-order valence-electron chi connectivity index (χ4n) is 2.05. The first-order chi connectivity index (χ1) is 10.1. The quantitative estimate of drug-likeness (QED) is 0.724. The molecule has 0 aliphatic rings. The van der Waals surface area contributed by atoms with Crippen molar-refractivity contribution in [2.45, 2.75) is 30.8 Å². The largest absolute Gasteiger partial charge is 0.347 e. The lowest BCUT2D eigenvalue weighted by molar-refractivity contribution is 0.539. The Balaban J connectivity index is 2.17. The molecule has 1 aromatic carbocycles. The average molecular weight is 308 g/mol. The van der Waals surface area contributed by atoms with E-state index < -0.39 is 10.0 Å². The summed E-state index contributed by atoms with van der Waals surface area (Å²) < 4.78 is 27.5. The number of aromatic nitrogens is 2. The number of sulfonamides is 1. The molecule has 2 aromatic rings. The van der Waals surface area contributed by atoms with Crippen LogP contribution in [0, 0.1) is 0 Å². The SMILES string of the molecule is CCC(NS(=O)(=O)c1ccc(CNC)cc1)c1ncc[nH]1. The number of benzene rings is 1. The van der Waals surface area contributed by atoms with Crippen LogP contribution in [0.25, 0.3) is 0 Å². The molecular weight excluding hydrogens is 288 g/mol. The summed E-state index contributed by atoms with van der Waals surface area (Å²) in [5.41, 5.74) is 1.04. The third kappa shape index (κ3) is 3.90. The number of nitrogens with one attached hydrogen (secondary N) is 3. The van der Waals surface area contributed by atoms with Gasteiger partial charge in [0.1, 0.15) is 5.82 Å². The summed E-state index contributed by atoms with van der Waals surface area (Å²) in [6.07, 6.45) is 3.91. The van der Waals surface area contributed by atoms with E-state index in [1.54, 1.807) is 36.7 Å². The Hall–Kier alpha value is -1.70. The van der Waals surface area contributed by atoms with Crippen molar-refractivity contribution in [3.63, 3.8) is 0 Å². The lowest BCUT2D eigenvalue weighted by atomic mass is 10.2. The Morgan fingerprint density at radius 1 is 1.29 bits per heavy atom. The van der Waals surface area contributed by atoms with E-state index in [2.05, 4.69) is 20.0 Å². The maximum Gasteiger partial charge on any atom is 0.241 e. The van der Waals surface area contributed by atoms with E-state index in [9.17, 15) is 8.42 Å². The van der Waals surface area contributed by atoms with Crippen molar-refractivity contribution in [2.75, 3.05) is 7.05 Å². The van der Waals surface area contributed by atoms with E-state index in [1.165, 1.54) is 0 Å². The van der Waals surface area contributed by atoms with Gasteiger partial charge in [0.05, 0.1) is 10.9 Å². The van der Waals surface area contributed by atoms with Gasteiger partial charge in [-0.25, -0.2) is 18.1 Å². The highest BCUT2D eigenvalue weighted by Gasteiger charge is 2.21. The van der Waals surface area contributed by atoms with Crippen molar-refractivity contribution in [3.05, 3.63) is 48.0 Å².